The minimum absolute atomic E-state index is 0.363. The van der Waals surface area contributed by atoms with Gasteiger partial charge in [-0.3, -0.25) is 0 Å². The van der Waals surface area contributed by atoms with Crippen molar-refractivity contribution in [3.63, 3.8) is 0 Å². The highest BCUT2D eigenvalue weighted by molar-refractivity contribution is 5.01. The summed E-state index contributed by atoms with van der Waals surface area (Å²) in [4.78, 5) is 3.96. The van der Waals surface area contributed by atoms with Gasteiger partial charge in [-0.05, 0) is 13.3 Å². The van der Waals surface area contributed by atoms with Crippen LogP contribution in [0.5, 0.6) is 0 Å². The zero-order chi connectivity index (χ0) is 8.27. The highest BCUT2D eigenvalue weighted by atomic mass is 16.3. The average Bonchev–Trinajstić information content (AvgIpc) is 2.50. The lowest BCUT2D eigenvalue weighted by Crippen LogP contribution is -2.04. The molecule has 1 atom stereocenters. The van der Waals surface area contributed by atoms with Gasteiger partial charge in [0.1, 0.15) is 0 Å². The zero-order valence-electron chi connectivity index (χ0n) is 6.99. The molecule has 0 aliphatic heterocycles. The van der Waals surface area contributed by atoms with Crippen molar-refractivity contribution in [1.82, 2.24) is 9.55 Å². The van der Waals surface area contributed by atoms with E-state index in [9.17, 15) is 5.11 Å². The van der Waals surface area contributed by atoms with Crippen LogP contribution < -0.4 is 0 Å². The lowest BCUT2D eigenvalue weighted by Gasteiger charge is -2.09. The Morgan fingerprint density at radius 3 is 2.91 bits per heavy atom. The van der Waals surface area contributed by atoms with E-state index in [0.29, 0.717) is 0 Å². The van der Waals surface area contributed by atoms with Crippen molar-refractivity contribution < 1.29 is 5.11 Å². The Hall–Kier alpha value is -0.830. The van der Waals surface area contributed by atoms with Crippen LogP contribution in [0.1, 0.15) is 32.1 Å². The second-order valence-corrected chi connectivity index (χ2v) is 2.53. The van der Waals surface area contributed by atoms with Crippen molar-refractivity contribution in [2.24, 2.45) is 0 Å². The lowest BCUT2D eigenvalue weighted by atomic mass is 10.2. The molecule has 1 N–H and O–H groups in total. The monoisotopic (exact) mass is 154 g/mol. The molecule has 1 aromatic heterocycles. The molecule has 0 aliphatic carbocycles. The maximum Gasteiger partial charge on any atom is 0.0953 e. The van der Waals surface area contributed by atoms with Crippen LogP contribution in [0.2, 0.25) is 0 Å². The van der Waals surface area contributed by atoms with Crippen LogP contribution in [0.25, 0.3) is 0 Å². The van der Waals surface area contributed by atoms with Crippen LogP contribution in [-0.4, -0.2) is 14.7 Å². The number of rotatable bonds is 3. The molecule has 11 heavy (non-hydrogen) atoms. The number of aliphatic hydroxyl groups is 1. The molecule has 0 radical (unpaired) electrons. The van der Waals surface area contributed by atoms with Gasteiger partial charge in [-0.15, -0.1) is 0 Å². The minimum atomic E-state index is -0.363. The molecule has 0 aliphatic rings. The standard InChI is InChI=1S/C8H14N2O/c1-3-8(11)7-5-9-6-10(7)4-2/h5-6,8,11H,3-4H2,1-2H3. The lowest BCUT2D eigenvalue weighted by molar-refractivity contribution is 0.164. The fraction of sp³-hybridized carbons (Fsp3) is 0.625. The molecular weight excluding hydrogens is 140 g/mol. The van der Waals surface area contributed by atoms with Crippen molar-refractivity contribution in [3.8, 4) is 0 Å². The van der Waals surface area contributed by atoms with Gasteiger partial charge in [-0.25, -0.2) is 4.98 Å². The average molecular weight is 154 g/mol. The Labute approximate surface area is 66.7 Å². The van der Waals surface area contributed by atoms with Crippen LogP contribution in [0.4, 0.5) is 0 Å². The summed E-state index contributed by atoms with van der Waals surface area (Å²) in [5.41, 5.74) is 0.912. The van der Waals surface area contributed by atoms with Crippen molar-refractivity contribution in [3.05, 3.63) is 18.2 Å². The van der Waals surface area contributed by atoms with E-state index in [1.807, 2.05) is 18.4 Å². The fourth-order valence-corrected chi connectivity index (χ4v) is 1.08. The van der Waals surface area contributed by atoms with Crippen LogP contribution in [-0.2, 0) is 6.54 Å². The molecule has 0 amide bonds. The molecule has 0 fully saturated rings. The zero-order valence-corrected chi connectivity index (χ0v) is 6.99. The number of imidazole rings is 1. The Bertz CT molecular complexity index is 220. The van der Waals surface area contributed by atoms with Crippen molar-refractivity contribution >= 4 is 0 Å². The summed E-state index contributed by atoms with van der Waals surface area (Å²) in [5, 5.41) is 9.47. The number of aryl methyl sites for hydroxylation is 1. The highest BCUT2D eigenvalue weighted by Crippen LogP contribution is 2.14. The molecule has 0 saturated carbocycles. The summed E-state index contributed by atoms with van der Waals surface area (Å²) in [6, 6.07) is 0. The van der Waals surface area contributed by atoms with E-state index in [4.69, 9.17) is 0 Å². The Balaban J connectivity index is 2.83. The summed E-state index contributed by atoms with van der Waals surface area (Å²) in [5.74, 6) is 0. The van der Waals surface area contributed by atoms with Crippen molar-refractivity contribution in [1.29, 1.82) is 0 Å². The number of aliphatic hydroxyl groups excluding tert-OH is 1. The third-order valence-corrected chi connectivity index (χ3v) is 1.81. The van der Waals surface area contributed by atoms with Gasteiger partial charge in [-0.1, -0.05) is 6.92 Å². The topological polar surface area (TPSA) is 38.1 Å². The quantitative estimate of drug-likeness (QED) is 0.713. The number of aromatic nitrogens is 2. The molecular formula is C8H14N2O. The molecule has 1 unspecified atom stereocenters. The predicted molar refractivity (Wildman–Crippen MR) is 43.2 cm³/mol. The molecule has 0 spiro atoms. The van der Waals surface area contributed by atoms with E-state index in [2.05, 4.69) is 4.98 Å². The van der Waals surface area contributed by atoms with Gasteiger partial charge in [0.2, 0.25) is 0 Å². The summed E-state index contributed by atoms with van der Waals surface area (Å²) in [6.45, 7) is 4.86. The van der Waals surface area contributed by atoms with Gasteiger partial charge in [0, 0.05) is 6.54 Å². The SMILES string of the molecule is CCC(O)c1cncn1CC. The number of hydrogen-bond acceptors (Lipinski definition) is 2. The summed E-state index contributed by atoms with van der Waals surface area (Å²) < 4.78 is 1.95. The first kappa shape index (κ1) is 8.27. The van der Waals surface area contributed by atoms with Gasteiger partial charge in [0.25, 0.3) is 0 Å². The molecule has 1 rings (SSSR count). The smallest absolute Gasteiger partial charge is 0.0953 e. The molecule has 62 valence electrons. The summed E-state index contributed by atoms with van der Waals surface area (Å²) >= 11 is 0. The number of hydrogen-bond donors (Lipinski definition) is 1. The van der Waals surface area contributed by atoms with Gasteiger partial charge < -0.3 is 9.67 Å². The maximum atomic E-state index is 9.47. The van der Waals surface area contributed by atoms with Crippen molar-refractivity contribution in [2.45, 2.75) is 32.9 Å². The first-order chi connectivity index (χ1) is 5.29. The maximum absolute atomic E-state index is 9.47. The normalized spacial score (nSPS) is 13.4. The first-order valence-electron chi connectivity index (χ1n) is 3.97. The van der Waals surface area contributed by atoms with E-state index in [1.54, 1.807) is 12.5 Å². The fourth-order valence-electron chi connectivity index (χ4n) is 1.08. The van der Waals surface area contributed by atoms with Crippen molar-refractivity contribution in [2.75, 3.05) is 0 Å². The van der Waals surface area contributed by atoms with Gasteiger partial charge in [-0.2, -0.15) is 0 Å². The molecule has 0 saturated heterocycles. The summed E-state index contributed by atoms with van der Waals surface area (Å²) in [6.07, 6.45) is 3.84. The second kappa shape index (κ2) is 3.53. The van der Waals surface area contributed by atoms with Gasteiger partial charge >= 0.3 is 0 Å². The molecule has 1 aromatic rings. The highest BCUT2D eigenvalue weighted by Gasteiger charge is 2.08. The Morgan fingerprint density at radius 1 is 1.64 bits per heavy atom. The Kier molecular flexibility index (Phi) is 2.65. The van der Waals surface area contributed by atoms with Crippen LogP contribution >= 0.6 is 0 Å². The molecule has 0 bridgehead atoms. The van der Waals surface area contributed by atoms with Crippen LogP contribution in [0.3, 0.4) is 0 Å². The largest absolute Gasteiger partial charge is 0.387 e. The molecule has 1 heterocycles. The third kappa shape index (κ3) is 1.60. The van der Waals surface area contributed by atoms with Crippen LogP contribution in [0, 0.1) is 0 Å². The predicted octanol–water partition coefficient (Wildman–Crippen LogP) is 1.35. The van der Waals surface area contributed by atoms with E-state index in [0.717, 1.165) is 18.7 Å². The minimum Gasteiger partial charge on any atom is -0.387 e. The summed E-state index contributed by atoms with van der Waals surface area (Å²) in [7, 11) is 0. The van der Waals surface area contributed by atoms with Gasteiger partial charge in [0.15, 0.2) is 0 Å². The second-order valence-electron chi connectivity index (χ2n) is 2.53. The van der Waals surface area contributed by atoms with Crippen LogP contribution in [0.15, 0.2) is 12.5 Å². The third-order valence-electron chi connectivity index (χ3n) is 1.81. The first-order valence-corrected chi connectivity index (χ1v) is 3.97. The Morgan fingerprint density at radius 2 is 2.36 bits per heavy atom. The molecule has 3 nitrogen and oxygen atoms in total. The molecule has 3 heteroatoms. The van der Waals surface area contributed by atoms with E-state index < -0.39 is 0 Å². The number of nitrogens with zero attached hydrogens (tertiary/aromatic N) is 2. The van der Waals surface area contributed by atoms with E-state index >= 15 is 0 Å². The molecule has 0 aromatic carbocycles. The van der Waals surface area contributed by atoms with E-state index in [-0.39, 0.29) is 6.10 Å². The van der Waals surface area contributed by atoms with Gasteiger partial charge in [0.05, 0.1) is 24.3 Å². The van der Waals surface area contributed by atoms with E-state index in [1.165, 1.54) is 0 Å².